The number of benzene rings is 1. The first-order valence-electron chi connectivity index (χ1n) is 6.04. The Morgan fingerprint density at radius 1 is 1.29 bits per heavy atom. The number of nitrogens with one attached hydrogen (secondary N) is 2. The second-order valence-electron chi connectivity index (χ2n) is 4.94. The van der Waals surface area contributed by atoms with E-state index in [2.05, 4.69) is 15.4 Å². The molecule has 0 aliphatic heterocycles. The van der Waals surface area contributed by atoms with Crippen LogP contribution in [0.2, 0.25) is 0 Å². The molecule has 1 rings (SSSR count). The van der Waals surface area contributed by atoms with Gasteiger partial charge in [0.1, 0.15) is 5.75 Å². The first-order chi connectivity index (χ1) is 9.68. The monoisotopic (exact) mass is 302 g/mol. The Bertz CT molecular complexity index is 503. The number of amides is 2. The maximum absolute atomic E-state index is 12.0. The summed E-state index contributed by atoms with van der Waals surface area (Å²) in [5.41, 5.74) is -0.561. The van der Waals surface area contributed by atoms with E-state index in [0.717, 1.165) is 0 Å². The van der Waals surface area contributed by atoms with Crippen LogP contribution in [0.3, 0.4) is 0 Å². The summed E-state index contributed by atoms with van der Waals surface area (Å²) in [6.45, 7) is 0.226. The number of alkyl halides is 2. The Balaban J connectivity index is 2.56. The maximum atomic E-state index is 12.0. The van der Waals surface area contributed by atoms with Crippen molar-refractivity contribution in [2.45, 2.75) is 32.4 Å². The molecule has 0 heterocycles. The number of hydrogen-bond donors (Lipinski definition) is 3. The fourth-order valence-corrected chi connectivity index (χ4v) is 1.61. The molecule has 3 N–H and O–H groups in total. The molecule has 1 aromatic rings. The molecule has 0 aliphatic carbocycles. The Kier molecular flexibility index (Phi) is 5.45. The van der Waals surface area contributed by atoms with Crippen LogP contribution in [-0.4, -0.2) is 29.3 Å². The molecule has 0 fully saturated rings. The fraction of sp³-hybridized carbons (Fsp3) is 0.385. The minimum atomic E-state index is -2.91. The topological polar surface area (TPSA) is 87.7 Å². The first kappa shape index (κ1) is 16.7. The van der Waals surface area contributed by atoms with Gasteiger partial charge in [0.05, 0.1) is 6.42 Å². The van der Waals surface area contributed by atoms with Gasteiger partial charge in [0, 0.05) is 11.2 Å². The number of ether oxygens (including phenoxy) is 1. The molecular weight excluding hydrogens is 286 g/mol. The quantitative estimate of drug-likeness (QED) is 0.754. The summed E-state index contributed by atoms with van der Waals surface area (Å²) in [7, 11) is 0. The molecule has 0 bridgehead atoms. The number of urea groups is 1. The van der Waals surface area contributed by atoms with E-state index in [1.54, 1.807) is 13.8 Å². The predicted octanol–water partition coefficient (Wildman–Crippen LogP) is 2.66. The molecule has 0 spiro atoms. The van der Waals surface area contributed by atoms with E-state index >= 15 is 0 Å². The summed E-state index contributed by atoms with van der Waals surface area (Å²) in [6, 6.07) is 4.75. The fourth-order valence-electron chi connectivity index (χ4n) is 1.61. The van der Waals surface area contributed by atoms with Crippen molar-refractivity contribution in [3.63, 3.8) is 0 Å². The van der Waals surface area contributed by atoms with Crippen LogP contribution < -0.4 is 15.4 Å². The number of hydrogen-bond acceptors (Lipinski definition) is 3. The Hall–Kier alpha value is -2.38. The lowest BCUT2D eigenvalue weighted by molar-refractivity contribution is -0.138. The van der Waals surface area contributed by atoms with E-state index in [4.69, 9.17) is 5.11 Å². The second-order valence-corrected chi connectivity index (χ2v) is 4.94. The highest BCUT2D eigenvalue weighted by molar-refractivity contribution is 5.90. The van der Waals surface area contributed by atoms with Gasteiger partial charge in [0.15, 0.2) is 0 Å². The highest BCUT2D eigenvalue weighted by Gasteiger charge is 2.23. The molecule has 1 aromatic carbocycles. The molecular formula is C13H16F2N2O4. The number of carbonyl (C=O) groups excluding carboxylic acids is 1. The molecule has 8 heteroatoms. The third-order valence-corrected chi connectivity index (χ3v) is 2.38. The highest BCUT2D eigenvalue weighted by Crippen LogP contribution is 2.18. The zero-order valence-corrected chi connectivity index (χ0v) is 11.5. The zero-order chi connectivity index (χ0) is 16.0. The van der Waals surface area contributed by atoms with Crippen molar-refractivity contribution in [1.29, 1.82) is 0 Å². The van der Waals surface area contributed by atoms with Gasteiger partial charge in [-0.15, -0.1) is 0 Å². The SMILES string of the molecule is CC(C)(CC(=O)O)NC(=O)Nc1ccc(OC(F)F)cc1. The number of halogens is 2. The number of aliphatic carboxylic acids is 1. The number of anilines is 1. The van der Waals surface area contributed by atoms with E-state index in [0.29, 0.717) is 5.69 Å². The van der Waals surface area contributed by atoms with Crippen molar-refractivity contribution in [3.8, 4) is 5.75 Å². The summed E-state index contributed by atoms with van der Waals surface area (Å²) in [4.78, 5) is 22.3. The molecule has 21 heavy (non-hydrogen) atoms. The third-order valence-electron chi connectivity index (χ3n) is 2.38. The molecule has 0 saturated carbocycles. The van der Waals surface area contributed by atoms with Gasteiger partial charge in [-0.1, -0.05) is 0 Å². The largest absolute Gasteiger partial charge is 0.481 e. The Morgan fingerprint density at radius 3 is 2.33 bits per heavy atom. The summed E-state index contributed by atoms with van der Waals surface area (Å²) < 4.78 is 28.1. The smallest absolute Gasteiger partial charge is 0.387 e. The van der Waals surface area contributed by atoms with E-state index in [1.807, 2.05) is 0 Å². The normalized spacial score (nSPS) is 11.1. The van der Waals surface area contributed by atoms with Gasteiger partial charge in [-0.05, 0) is 38.1 Å². The van der Waals surface area contributed by atoms with Gasteiger partial charge in [0.25, 0.3) is 0 Å². The summed E-state index contributed by atoms with van der Waals surface area (Å²) in [5.74, 6) is -1.06. The molecule has 2 amide bonds. The Labute approximate surface area is 120 Å². The first-order valence-corrected chi connectivity index (χ1v) is 6.04. The van der Waals surface area contributed by atoms with E-state index < -0.39 is 24.2 Å². The number of carboxylic acids is 1. The van der Waals surface area contributed by atoms with Crippen LogP contribution in [0.1, 0.15) is 20.3 Å². The maximum Gasteiger partial charge on any atom is 0.387 e. The highest BCUT2D eigenvalue weighted by atomic mass is 19.3. The number of rotatable bonds is 6. The van der Waals surface area contributed by atoms with Gasteiger partial charge in [-0.25, -0.2) is 4.79 Å². The van der Waals surface area contributed by atoms with Crippen molar-refractivity contribution in [1.82, 2.24) is 5.32 Å². The van der Waals surface area contributed by atoms with Gasteiger partial charge >= 0.3 is 18.6 Å². The molecule has 0 aliphatic rings. The minimum absolute atomic E-state index is 0.0258. The summed E-state index contributed by atoms with van der Waals surface area (Å²) >= 11 is 0. The van der Waals surface area contributed by atoms with Crippen molar-refractivity contribution in [2.75, 3.05) is 5.32 Å². The van der Waals surface area contributed by atoms with Crippen molar-refractivity contribution < 1.29 is 28.2 Å². The van der Waals surface area contributed by atoms with Crippen LogP contribution in [0.4, 0.5) is 19.3 Å². The third kappa shape index (κ3) is 6.55. The molecule has 6 nitrogen and oxygen atoms in total. The Morgan fingerprint density at radius 2 is 1.86 bits per heavy atom. The van der Waals surface area contributed by atoms with Crippen LogP contribution >= 0.6 is 0 Å². The van der Waals surface area contributed by atoms with Gasteiger partial charge in [-0.3, -0.25) is 4.79 Å². The predicted molar refractivity (Wildman–Crippen MR) is 71.6 cm³/mol. The summed E-state index contributed by atoms with van der Waals surface area (Å²) in [6.07, 6.45) is -0.235. The number of carbonyl (C=O) groups is 2. The average molecular weight is 302 g/mol. The van der Waals surface area contributed by atoms with E-state index in [9.17, 15) is 18.4 Å². The molecule has 116 valence electrons. The van der Waals surface area contributed by atoms with Crippen LogP contribution in [0.15, 0.2) is 24.3 Å². The second kappa shape index (κ2) is 6.87. The van der Waals surface area contributed by atoms with Crippen molar-refractivity contribution in [3.05, 3.63) is 24.3 Å². The molecule has 0 aromatic heterocycles. The zero-order valence-electron chi connectivity index (χ0n) is 11.5. The standard InChI is InChI=1S/C13H16F2N2O4/c1-13(2,7-10(18)19)17-12(20)16-8-3-5-9(6-4-8)21-11(14)15/h3-6,11H,7H2,1-2H3,(H,18,19)(H2,16,17,20). The lowest BCUT2D eigenvalue weighted by atomic mass is 10.0. The lowest BCUT2D eigenvalue weighted by Crippen LogP contribution is -2.46. The molecule has 0 saturated heterocycles. The molecule has 0 atom stereocenters. The van der Waals surface area contributed by atoms with Gasteiger partial charge < -0.3 is 20.5 Å². The van der Waals surface area contributed by atoms with Gasteiger partial charge in [-0.2, -0.15) is 8.78 Å². The van der Waals surface area contributed by atoms with Crippen molar-refractivity contribution >= 4 is 17.7 Å². The van der Waals surface area contributed by atoms with Crippen LogP contribution in [0.25, 0.3) is 0 Å². The van der Waals surface area contributed by atoms with Crippen LogP contribution in [-0.2, 0) is 4.79 Å². The van der Waals surface area contributed by atoms with E-state index in [-0.39, 0.29) is 12.2 Å². The van der Waals surface area contributed by atoms with E-state index in [1.165, 1.54) is 24.3 Å². The average Bonchev–Trinajstić information content (AvgIpc) is 2.28. The van der Waals surface area contributed by atoms with Crippen LogP contribution in [0, 0.1) is 0 Å². The van der Waals surface area contributed by atoms with Gasteiger partial charge in [0.2, 0.25) is 0 Å². The van der Waals surface area contributed by atoms with Crippen molar-refractivity contribution in [2.24, 2.45) is 0 Å². The molecule has 0 unspecified atom stereocenters. The molecule has 0 radical (unpaired) electrons. The summed E-state index contributed by atoms with van der Waals surface area (Å²) in [5, 5.41) is 13.7. The minimum Gasteiger partial charge on any atom is -0.481 e. The lowest BCUT2D eigenvalue weighted by Gasteiger charge is -2.24. The van der Waals surface area contributed by atoms with Crippen LogP contribution in [0.5, 0.6) is 5.75 Å². The number of carboxylic acid groups (broad SMARTS) is 1.